The molecule has 4 aromatic rings. The maximum absolute atomic E-state index is 12.6. The Morgan fingerprint density at radius 1 is 1.31 bits per heavy atom. The molecule has 1 N–H and O–H groups in total. The van der Waals surface area contributed by atoms with Gasteiger partial charge in [0, 0.05) is 11.5 Å². The van der Waals surface area contributed by atoms with Gasteiger partial charge in [0.25, 0.3) is 11.6 Å². The largest absolute Gasteiger partial charge is 0.494 e. The number of thiazole rings is 1. The minimum absolute atomic E-state index is 0.101. The van der Waals surface area contributed by atoms with E-state index in [0.29, 0.717) is 28.2 Å². The molecule has 1 amide bonds. The molecule has 0 bridgehead atoms. The van der Waals surface area contributed by atoms with Gasteiger partial charge in [-0.1, -0.05) is 23.5 Å². The Morgan fingerprint density at radius 3 is 2.86 bits per heavy atom. The lowest BCUT2D eigenvalue weighted by molar-refractivity contribution is -0.384. The van der Waals surface area contributed by atoms with Crippen molar-refractivity contribution < 1.29 is 23.6 Å². The Hall–Kier alpha value is -3.66. The number of carbonyl (C=O) groups is 1. The number of nitrogens with one attached hydrogen (secondary N) is 1. The number of anilines is 1. The zero-order valence-electron chi connectivity index (χ0n) is 15.4. The smallest absolute Gasteiger partial charge is 0.293 e. The van der Waals surface area contributed by atoms with Gasteiger partial charge in [-0.05, 0) is 19.1 Å². The van der Waals surface area contributed by atoms with E-state index in [2.05, 4.69) is 10.3 Å². The molecule has 2 aromatic heterocycles. The number of carbonyl (C=O) groups excluding carboxylic acids is 1. The van der Waals surface area contributed by atoms with Gasteiger partial charge in [0.1, 0.15) is 5.52 Å². The average Bonchev–Trinajstić information content (AvgIpc) is 3.31. The first-order valence-corrected chi connectivity index (χ1v) is 9.41. The van der Waals surface area contributed by atoms with Crippen LogP contribution in [0.5, 0.6) is 11.5 Å². The predicted molar refractivity (Wildman–Crippen MR) is 108 cm³/mol. The van der Waals surface area contributed by atoms with E-state index in [1.54, 1.807) is 12.1 Å². The first kappa shape index (κ1) is 18.7. The molecular weight excluding hydrogens is 398 g/mol. The van der Waals surface area contributed by atoms with Crippen LogP contribution >= 0.6 is 11.3 Å². The van der Waals surface area contributed by atoms with Crippen LogP contribution in [0.4, 0.5) is 10.8 Å². The van der Waals surface area contributed by atoms with Crippen LogP contribution in [0.1, 0.15) is 17.5 Å². The van der Waals surface area contributed by atoms with Crippen molar-refractivity contribution in [3.05, 3.63) is 52.3 Å². The molecule has 0 aliphatic heterocycles. The van der Waals surface area contributed by atoms with Gasteiger partial charge in [0.2, 0.25) is 0 Å². The van der Waals surface area contributed by atoms with Crippen LogP contribution in [0.25, 0.3) is 21.2 Å². The Balaban J connectivity index is 1.66. The van der Waals surface area contributed by atoms with Gasteiger partial charge in [0.05, 0.1) is 29.4 Å². The van der Waals surface area contributed by atoms with Crippen molar-refractivity contribution in [1.29, 1.82) is 0 Å². The quantitative estimate of drug-likeness (QED) is 0.362. The van der Waals surface area contributed by atoms with Crippen molar-refractivity contribution in [3.8, 4) is 11.5 Å². The number of non-ortho nitro benzene ring substituents is 1. The van der Waals surface area contributed by atoms with Gasteiger partial charge in [-0.15, -0.1) is 0 Å². The lowest BCUT2D eigenvalue weighted by atomic mass is 10.2. The summed E-state index contributed by atoms with van der Waals surface area (Å²) in [6.07, 6.45) is 0. The Kier molecular flexibility index (Phi) is 4.77. The second-order valence-corrected chi connectivity index (χ2v) is 6.97. The molecule has 29 heavy (non-hydrogen) atoms. The van der Waals surface area contributed by atoms with E-state index in [9.17, 15) is 14.9 Å². The Labute approximate surface area is 168 Å². The monoisotopic (exact) mass is 413 g/mol. The third-order valence-electron chi connectivity index (χ3n) is 4.13. The summed E-state index contributed by atoms with van der Waals surface area (Å²) in [5.74, 6) is 0.428. The Morgan fingerprint density at radius 2 is 2.14 bits per heavy atom. The van der Waals surface area contributed by atoms with Gasteiger partial charge in [-0.2, -0.15) is 0 Å². The predicted octanol–water partition coefficient (Wildman–Crippen LogP) is 4.61. The van der Waals surface area contributed by atoms with Crippen molar-refractivity contribution in [1.82, 2.24) is 4.98 Å². The third-order valence-corrected chi connectivity index (χ3v) is 5.05. The fourth-order valence-electron chi connectivity index (χ4n) is 2.88. The van der Waals surface area contributed by atoms with Crippen molar-refractivity contribution in [3.63, 3.8) is 0 Å². The highest BCUT2D eigenvalue weighted by molar-refractivity contribution is 7.22. The number of rotatable bonds is 6. The van der Waals surface area contributed by atoms with Crippen LogP contribution in [-0.4, -0.2) is 29.5 Å². The zero-order valence-corrected chi connectivity index (χ0v) is 16.2. The van der Waals surface area contributed by atoms with Gasteiger partial charge < -0.3 is 13.9 Å². The molecule has 2 aromatic carbocycles. The summed E-state index contributed by atoms with van der Waals surface area (Å²) < 4.78 is 16.9. The normalized spacial score (nSPS) is 11.0. The minimum Gasteiger partial charge on any atom is -0.494 e. The van der Waals surface area contributed by atoms with Crippen LogP contribution in [0.3, 0.4) is 0 Å². The van der Waals surface area contributed by atoms with Crippen molar-refractivity contribution in [2.75, 3.05) is 19.0 Å². The molecule has 4 rings (SSSR count). The summed E-state index contributed by atoms with van der Waals surface area (Å²) >= 11 is 1.11. The van der Waals surface area contributed by atoms with E-state index in [1.165, 1.54) is 19.2 Å². The van der Waals surface area contributed by atoms with E-state index in [4.69, 9.17) is 13.9 Å². The second kappa shape index (κ2) is 7.40. The number of aromatic nitrogens is 1. The molecule has 0 fully saturated rings. The van der Waals surface area contributed by atoms with Crippen LogP contribution in [0.15, 0.2) is 40.8 Å². The van der Waals surface area contributed by atoms with Crippen LogP contribution in [0.2, 0.25) is 0 Å². The molecule has 0 saturated heterocycles. The van der Waals surface area contributed by atoms with Crippen LogP contribution < -0.4 is 14.8 Å². The number of nitro benzene ring substituents is 1. The topological polar surface area (TPSA) is 117 Å². The molecule has 2 heterocycles. The summed E-state index contributed by atoms with van der Waals surface area (Å²) in [4.78, 5) is 27.5. The van der Waals surface area contributed by atoms with E-state index >= 15 is 0 Å². The molecule has 0 saturated carbocycles. The summed E-state index contributed by atoms with van der Waals surface area (Å²) in [5, 5.41) is 14.8. The highest BCUT2D eigenvalue weighted by Crippen LogP contribution is 2.36. The summed E-state index contributed by atoms with van der Waals surface area (Å²) in [6, 6.07) is 9.70. The lowest BCUT2D eigenvalue weighted by Crippen LogP contribution is -2.10. The molecule has 0 atom stereocenters. The summed E-state index contributed by atoms with van der Waals surface area (Å²) in [5.41, 5.74) is 0.805. The molecule has 9 nitrogen and oxygen atoms in total. The molecule has 10 heteroatoms. The summed E-state index contributed by atoms with van der Waals surface area (Å²) in [6.45, 7) is 2.34. The molecule has 0 radical (unpaired) electrons. The number of nitrogens with zero attached hydrogens (tertiary/aromatic N) is 2. The zero-order chi connectivity index (χ0) is 20.5. The number of hydrogen-bond acceptors (Lipinski definition) is 8. The number of benzene rings is 2. The van der Waals surface area contributed by atoms with E-state index < -0.39 is 10.8 Å². The summed E-state index contributed by atoms with van der Waals surface area (Å²) in [7, 11) is 1.40. The number of para-hydroxylation sites is 1. The SMILES string of the molecule is CCOc1cccc2cc(C(=O)Nc3nc4c(OC)cc([N+](=O)[O-])cc4s3)oc12. The van der Waals surface area contributed by atoms with E-state index in [0.717, 1.165) is 16.7 Å². The molecule has 0 aliphatic rings. The van der Waals surface area contributed by atoms with Crippen LogP contribution in [-0.2, 0) is 0 Å². The van der Waals surface area contributed by atoms with Gasteiger partial charge >= 0.3 is 0 Å². The highest BCUT2D eigenvalue weighted by atomic mass is 32.1. The first-order valence-electron chi connectivity index (χ1n) is 8.59. The number of furan rings is 1. The van der Waals surface area contributed by atoms with Crippen LogP contribution in [0, 0.1) is 10.1 Å². The van der Waals surface area contributed by atoms with Crippen molar-refractivity contribution >= 4 is 49.2 Å². The lowest BCUT2D eigenvalue weighted by Gasteiger charge is -2.02. The maximum atomic E-state index is 12.6. The molecular formula is C19H15N3O6S. The fourth-order valence-corrected chi connectivity index (χ4v) is 3.79. The van der Waals surface area contributed by atoms with Crippen molar-refractivity contribution in [2.24, 2.45) is 0 Å². The standard InChI is InChI=1S/C19H15N3O6S/c1-3-27-12-6-4-5-10-7-14(28-17(10)12)18(23)21-19-20-16-13(26-2)8-11(22(24)25)9-15(16)29-19/h4-9H,3H2,1-2H3,(H,20,21,23). The number of nitro groups is 1. The Bertz CT molecular complexity index is 1250. The third kappa shape index (κ3) is 3.45. The highest BCUT2D eigenvalue weighted by Gasteiger charge is 2.20. The number of hydrogen-bond donors (Lipinski definition) is 1. The number of methoxy groups -OCH3 is 1. The van der Waals surface area contributed by atoms with Crippen molar-refractivity contribution in [2.45, 2.75) is 6.92 Å². The molecule has 0 spiro atoms. The molecule has 148 valence electrons. The fraction of sp³-hybridized carbons (Fsp3) is 0.158. The average molecular weight is 413 g/mol. The van der Waals surface area contributed by atoms with Gasteiger partial charge in [0.15, 0.2) is 28.0 Å². The first-order chi connectivity index (χ1) is 14.0. The number of fused-ring (bicyclic) bond motifs is 2. The van der Waals surface area contributed by atoms with E-state index in [-0.39, 0.29) is 22.3 Å². The minimum atomic E-state index is -0.510. The van der Waals surface area contributed by atoms with Gasteiger partial charge in [-0.3, -0.25) is 20.2 Å². The maximum Gasteiger partial charge on any atom is 0.293 e. The number of amides is 1. The van der Waals surface area contributed by atoms with E-state index in [1.807, 2.05) is 19.1 Å². The molecule has 0 unspecified atom stereocenters. The van der Waals surface area contributed by atoms with Gasteiger partial charge in [-0.25, -0.2) is 4.98 Å². The second-order valence-electron chi connectivity index (χ2n) is 5.94. The molecule has 0 aliphatic carbocycles. The number of ether oxygens (including phenoxy) is 2.